The van der Waals surface area contributed by atoms with Crippen LogP contribution >= 0.6 is 27.5 Å². The number of pyridine rings is 1. The summed E-state index contributed by atoms with van der Waals surface area (Å²) in [6.07, 6.45) is 0.592. The molecule has 0 spiro atoms. The van der Waals surface area contributed by atoms with E-state index in [-0.39, 0.29) is 5.82 Å². The van der Waals surface area contributed by atoms with Crippen LogP contribution in [0.5, 0.6) is 0 Å². The van der Waals surface area contributed by atoms with Crippen molar-refractivity contribution in [2.75, 3.05) is 5.88 Å². The summed E-state index contributed by atoms with van der Waals surface area (Å²) in [6.45, 7) is 1.92. The zero-order valence-corrected chi connectivity index (χ0v) is 13.6. The molecule has 0 amide bonds. The number of fused-ring (bicyclic) bond motifs is 1. The lowest BCUT2D eigenvalue weighted by Gasteiger charge is -2.09. The van der Waals surface area contributed by atoms with Crippen molar-refractivity contribution in [3.8, 4) is 5.69 Å². The third kappa shape index (κ3) is 2.68. The van der Waals surface area contributed by atoms with Gasteiger partial charge in [-0.2, -0.15) is 0 Å². The molecule has 1 aromatic carbocycles. The van der Waals surface area contributed by atoms with Gasteiger partial charge in [0.15, 0.2) is 5.65 Å². The number of benzene rings is 1. The lowest BCUT2D eigenvalue weighted by molar-refractivity contribution is 0.619. The van der Waals surface area contributed by atoms with Crippen LogP contribution in [0.4, 0.5) is 4.39 Å². The zero-order chi connectivity index (χ0) is 15.0. The molecule has 0 radical (unpaired) electrons. The molecule has 3 aromatic rings. The highest BCUT2D eigenvalue weighted by molar-refractivity contribution is 9.10. The number of aryl methyl sites for hydroxylation is 2. The number of nitrogens with zero attached hydrogens (tertiary/aromatic N) is 3. The van der Waals surface area contributed by atoms with Gasteiger partial charge in [-0.3, -0.25) is 4.57 Å². The van der Waals surface area contributed by atoms with Crippen LogP contribution in [0.15, 0.2) is 34.8 Å². The van der Waals surface area contributed by atoms with Crippen LogP contribution in [-0.4, -0.2) is 20.4 Å². The van der Waals surface area contributed by atoms with Crippen LogP contribution in [0, 0.1) is 12.7 Å². The number of imidazole rings is 1. The van der Waals surface area contributed by atoms with Crippen LogP contribution in [-0.2, 0) is 6.42 Å². The molecule has 21 heavy (non-hydrogen) atoms. The molecule has 0 atom stereocenters. The van der Waals surface area contributed by atoms with E-state index in [9.17, 15) is 4.39 Å². The molecule has 6 heteroatoms. The number of hydrogen-bond acceptors (Lipinski definition) is 2. The van der Waals surface area contributed by atoms with Crippen molar-refractivity contribution in [3.05, 3.63) is 52.1 Å². The number of hydrogen-bond donors (Lipinski definition) is 0. The molecule has 0 fully saturated rings. The van der Waals surface area contributed by atoms with E-state index in [0.717, 1.165) is 22.7 Å². The first-order valence-corrected chi connectivity index (χ1v) is 7.79. The first kappa shape index (κ1) is 14.5. The fraction of sp³-hybridized carbons (Fsp3) is 0.200. The molecule has 0 aliphatic carbocycles. The van der Waals surface area contributed by atoms with E-state index in [2.05, 4.69) is 25.9 Å². The standard InChI is InChI=1S/C15H12BrClFN3/c1-9-2-5-13-15(19-9)21(14(20-13)6-7-17)10-3-4-11(16)12(18)8-10/h2-5,8H,6-7H2,1H3. The quantitative estimate of drug-likeness (QED) is 0.641. The normalized spacial score (nSPS) is 11.2. The maximum atomic E-state index is 13.8. The SMILES string of the molecule is Cc1ccc2nc(CCCl)n(-c3ccc(Br)c(F)c3)c2n1. The van der Waals surface area contributed by atoms with Crippen molar-refractivity contribution in [1.82, 2.24) is 14.5 Å². The molecular weight excluding hydrogens is 357 g/mol. The molecule has 0 N–H and O–H groups in total. The highest BCUT2D eigenvalue weighted by Gasteiger charge is 2.14. The summed E-state index contributed by atoms with van der Waals surface area (Å²) in [5.41, 5.74) is 3.08. The average Bonchev–Trinajstić information content (AvgIpc) is 2.80. The fourth-order valence-electron chi connectivity index (χ4n) is 2.25. The van der Waals surface area contributed by atoms with Crippen molar-refractivity contribution in [2.24, 2.45) is 0 Å². The monoisotopic (exact) mass is 367 g/mol. The van der Waals surface area contributed by atoms with E-state index in [1.54, 1.807) is 6.07 Å². The van der Waals surface area contributed by atoms with E-state index < -0.39 is 0 Å². The first-order valence-electron chi connectivity index (χ1n) is 6.46. The van der Waals surface area contributed by atoms with Gasteiger partial charge in [0.05, 0.1) is 10.2 Å². The Kier molecular flexibility index (Phi) is 3.95. The minimum atomic E-state index is -0.321. The molecule has 0 aliphatic rings. The number of aromatic nitrogens is 3. The van der Waals surface area contributed by atoms with Gasteiger partial charge < -0.3 is 0 Å². The van der Waals surface area contributed by atoms with E-state index in [0.29, 0.717) is 22.5 Å². The van der Waals surface area contributed by atoms with Crippen molar-refractivity contribution in [3.63, 3.8) is 0 Å². The molecule has 2 heterocycles. The van der Waals surface area contributed by atoms with Gasteiger partial charge in [-0.1, -0.05) is 0 Å². The Labute approximate surface area is 134 Å². The summed E-state index contributed by atoms with van der Waals surface area (Å²) in [5, 5.41) is 0. The van der Waals surface area contributed by atoms with E-state index in [1.165, 1.54) is 6.07 Å². The second-order valence-corrected chi connectivity index (χ2v) is 5.93. The van der Waals surface area contributed by atoms with Crippen LogP contribution in [0.3, 0.4) is 0 Å². The summed E-state index contributed by atoms with van der Waals surface area (Å²) in [6, 6.07) is 8.80. The minimum Gasteiger partial charge on any atom is -0.281 e. The van der Waals surface area contributed by atoms with Crippen molar-refractivity contribution in [1.29, 1.82) is 0 Å². The Morgan fingerprint density at radius 1 is 1.24 bits per heavy atom. The summed E-state index contributed by atoms with van der Waals surface area (Å²) in [7, 11) is 0. The highest BCUT2D eigenvalue weighted by Crippen LogP contribution is 2.24. The van der Waals surface area contributed by atoms with E-state index >= 15 is 0 Å². The summed E-state index contributed by atoms with van der Waals surface area (Å²) >= 11 is 9.02. The third-order valence-electron chi connectivity index (χ3n) is 3.19. The molecule has 0 unspecified atom stereocenters. The molecule has 0 saturated heterocycles. The minimum absolute atomic E-state index is 0.321. The Morgan fingerprint density at radius 3 is 2.76 bits per heavy atom. The van der Waals surface area contributed by atoms with Gasteiger partial charge in [0.25, 0.3) is 0 Å². The second-order valence-electron chi connectivity index (χ2n) is 4.70. The van der Waals surface area contributed by atoms with Crippen LogP contribution in [0.1, 0.15) is 11.5 Å². The van der Waals surface area contributed by atoms with Gasteiger partial charge in [-0.15, -0.1) is 11.6 Å². The molecule has 0 bridgehead atoms. The summed E-state index contributed by atoms with van der Waals surface area (Å²) < 4.78 is 16.1. The first-order chi connectivity index (χ1) is 10.1. The van der Waals surface area contributed by atoms with E-state index in [4.69, 9.17) is 11.6 Å². The lowest BCUT2D eigenvalue weighted by atomic mass is 10.3. The van der Waals surface area contributed by atoms with Gasteiger partial charge in [-0.05, 0) is 53.2 Å². The van der Waals surface area contributed by atoms with Crippen LogP contribution < -0.4 is 0 Å². The number of halogens is 3. The predicted octanol–water partition coefficient (Wildman–Crippen LogP) is 4.41. The molecule has 0 saturated carbocycles. The van der Waals surface area contributed by atoms with Crippen molar-refractivity contribution in [2.45, 2.75) is 13.3 Å². The van der Waals surface area contributed by atoms with Crippen molar-refractivity contribution >= 4 is 38.7 Å². The van der Waals surface area contributed by atoms with Gasteiger partial charge in [0.2, 0.25) is 0 Å². The zero-order valence-electron chi connectivity index (χ0n) is 11.3. The molecule has 108 valence electrons. The Morgan fingerprint density at radius 2 is 2.05 bits per heavy atom. The smallest absolute Gasteiger partial charge is 0.164 e. The maximum absolute atomic E-state index is 13.8. The predicted molar refractivity (Wildman–Crippen MR) is 85.7 cm³/mol. The van der Waals surface area contributed by atoms with Crippen LogP contribution in [0.25, 0.3) is 16.9 Å². The fourth-order valence-corrected chi connectivity index (χ4v) is 2.66. The lowest BCUT2D eigenvalue weighted by Crippen LogP contribution is -2.03. The van der Waals surface area contributed by atoms with Gasteiger partial charge in [0.1, 0.15) is 17.2 Å². The average molecular weight is 369 g/mol. The second kappa shape index (κ2) is 5.73. The molecular formula is C15H12BrClFN3. The van der Waals surface area contributed by atoms with E-state index in [1.807, 2.05) is 29.7 Å². The number of rotatable bonds is 3. The molecule has 3 rings (SSSR count). The largest absolute Gasteiger partial charge is 0.281 e. The Bertz CT molecular complexity index is 816. The summed E-state index contributed by atoms with van der Waals surface area (Å²) in [4.78, 5) is 9.08. The molecule has 0 aliphatic heterocycles. The number of alkyl halides is 1. The van der Waals surface area contributed by atoms with Crippen molar-refractivity contribution < 1.29 is 4.39 Å². The highest BCUT2D eigenvalue weighted by atomic mass is 79.9. The van der Waals surface area contributed by atoms with Gasteiger partial charge in [-0.25, -0.2) is 14.4 Å². The summed E-state index contributed by atoms with van der Waals surface area (Å²) in [5.74, 6) is 0.903. The Balaban J connectivity index is 2.29. The molecule has 3 nitrogen and oxygen atoms in total. The molecule has 2 aromatic heterocycles. The van der Waals surface area contributed by atoms with Crippen LogP contribution in [0.2, 0.25) is 0 Å². The third-order valence-corrected chi connectivity index (χ3v) is 4.02. The topological polar surface area (TPSA) is 30.7 Å². The van der Waals surface area contributed by atoms with Gasteiger partial charge in [0, 0.05) is 18.0 Å². The maximum Gasteiger partial charge on any atom is 0.164 e. The van der Waals surface area contributed by atoms with Gasteiger partial charge >= 0.3 is 0 Å². The Hall–Kier alpha value is -1.46.